The molecule has 0 aliphatic heterocycles. The Balaban J connectivity index is 2.61. The van der Waals surface area contributed by atoms with Crippen LogP contribution in [-0.4, -0.2) is 17.0 Å². The zero-order valence-corrected chi connectivity index (χ0v) is 12.8. The molecule has 3 nitrogen and oxygen atoms in total. The van der Waals surface area contributed by atoms with Gasteiger partial charge in [-0.05, 0) is 54.9 Å². The summed E-state index contributed by atoms with van der Waals surface area (Å²) in [6, 6.07) is 4.40. The molecule has 0 spiro atoms. The van der Waals surface area contributed by atoms with Crippen LogP contribution in [0.3, 0.4) is 0 Å². The molecule has 2 rings (SSSR count). The lowest BCUT2D eigenvalue weighted by Gasteiger charge is -2.11. The summed E-state index contributed by atoms with van der Waals surface area (Å²) in [5, 5.41) is 3.17. The molecule has 0 saturated heterocycles. The van der Waals surface area contributed by atoms with Crippen LogP contribution < -0.4 is 5.32 Å². The predicted octanol–water partition coefficient (Wildman–Crippen LogP) is 3.48. The van der Waals surface area contributed by atoms with Crippen molar-refractivity contribution in [1.82, 2.24) is 15.3 Å². The summed E-state index contributed by atoms with van der Waals surface area (Å²) in [6.45, 7) is 7.18. The number of hydrogen-bond donors (Lipinski definition) is 2. The molecule has 1 aromatic carbocycles. The lowest BCUT2D eigenvalue weighted by atomic mass is 9.96. The van der Waals surface area contributed by atoms with Crippen LogP contribution in [0.5, 0.6) is 0 Å². The molecule has 1 aromatic heterocycles. The van der Waals surface area contributed by atoms with E-state index in [1.807, 2.05) is 7.05 Å². The van der Waals surface area contributed by atoms with Gasteiger partial charge in [0, 0.05) is 12.1 Å². The summed E-state index contributed by atoms with van der Waals surface area (Å²) in [5.41, 5.74) is 7.20. The molecular formula is C14H18BrN3. The molecule has 0 aliphatic carbocycles. The van der Waals surface area contributed by atoms with Crippen LogP contribution >= 0.6 is 15.9 Å². The maximum atomic E-state index is 4.57. The molecule has 0 atom stereocenters. The van der Waals surface area contributed by atoms with Crippen molar-refractivity contribution in [3.05, 3.63) is 39.3 Å². The van der Waals surface area contributed by atoms with E-state index in [1.165, 1.54) is 22.3 Å². The number of imidazole rings is 1. The van der Waals surface area contributed by atoms with Crippen LogP contribution in [-0.2, 0) is 6.54 Å². The molecular weight excluding hydrogens is 290 g/mol. The van der Waals surface area contributed by atoms with Crippen LogP contribution in [0.2, 0.25) is 0 Å². The van der Waals surface area contributed by atoms with Gasteiger partial charge in [0.15, 0.2) is 4.73 Å². The Bertz CT molecular complexity index is 549. The third kappa shape index (κ3) is 2.49. The minimum absolute atomic E-state index is 0.778. The van der Waals surface area contributed by atoms with E-state index < -0.39 is 0 Å². The molecule has 18 heavy (non-hydrogen) atoms. The van der Waals surface area contributed by atoms with E-state index in [1.54, 1.807) is 0 Å². The van der Waals surface area contributed by atoms with Gasteiger partial charge in [0.05, 0.1) is 11.4 Å². The van der Waals surface area contributed by atoms with Crippen molar-refractivity contribution in [2.45, 2.75) is 27.3 Å². The smallest absolute Gasteiger partial charge is 0.175 e. The highest BCUT2D eigenvalue weighted by atomic mass is 79.9. The number of halogens is 1. The van der Waals surface area contributed by atoms with E-state index in [-0.39, 0.29) is 0 Å². The Hall–Kier alpha value is -1.13. The topological polar surface area (TPSA) is 40.7 Å². The lowest BCUT2D eigenvalue weighted by Crippen LogP contribution is -2.07. The number of aromatic amines is 1. The number of H-pyrrole nitrogens is 1. The molecule has 0 amide bonds. The van der Waals surface area contributed by atoms with E-state index in [2.05, 4.69) is 64.1 Å². The van der Waals surface area contributed by atoms with Crippen molar-refractivity contribution in [3.8, 4) is 11.3 Å². The first-order valence-electron chi connectivity index (χ1n) is 6.00. The van der Waals surface area contributed by atoms with Crippen molar-refractivity contribution >= 4 is 15.9 Å². The minimum Gasteiger partial charge on any atom is -0.335 e. The average Bonchev–Trinajstić information content (AvgIpc) is 2.58. The Morgan fingerprint density at radius 3 is 2.39 bits per heavy atom. The maximum absolute atomic E-state index is 4.57. The summed E-state index contributed by atoms with van der Waals surface area (Å²) in [7, 11) is 1.94. The van der Waals surface area contributed by atoms with Crippen molar-refractivity contribution in [3.63, 3.8) is 0 Å². The molecule has 4 heteroatoms. The van der Waals surface area contributed by atoms with E-state index in [0.717, 1.165) is 22.7 Å². The van der Waals surface area contributed by atoms with Crippen LogP contribution in [0.25, 0.3) is 11.3 Å². The number of rotatable bonds is 3. The van der Waals surface area contributed by atoms with Crippen LogP contribution in [0.1, 0.15) is 22.4 Å². The van der Waals surface area contributed by atoms with Crippen molar-refractivity contribution in [1.29, 1.82) is 0 Å². The standard InChI is InChI=1S/C14H18BrN3/c1-8-5-9(2)12(10(3)6-8)13-11(7-16-4)17-14(15)18-13/h5-6,16H,7H2,1-4H3,(H,17,18). The van der Waals surface area contributed by atoms with E-state index in [0.29, 0.717) is 0 Å². The predicted molar refractivity (Wildman–Crippen MR) is 78.7 cm³/mol. The number of benzene rings is 1. The first-order chi connectivity index (χ1) is 8.52. The Morgan fingerprint density at radius 2 is 1.83 bits per heavy atom. The summed E-state index contributed by atoms with van der Waals surface area (Å²) < 4.78 is 0.780. The lowest BCUT2D eigenvalue weighted by molar-refractivity contribution is 0.797. The largest absolute Gasteiger partial charge is 0.335 e. The second-order valence-corrected chi connectivity index (χ2v) is 5.41. The number of aryl methyl sites for hydroxylation is 3. The van der Waals surface area contributed by atoms with Gasteiger partial charge in [-0.3, -0.25) is 0 Å². The van der Waals surface area contributed by atoms with Gasteiger partial charge in [-0.15, -0.1) is 0 Å². The van der Waals surface area contributed by atoms with Gasteiger partial charge in [0.1, 0.15) is 0 Å². The fourth-order valence-electron chi connectivity index (χ4n) is 2.44. The summed E-state index contributed by atoms with van der Waals surface area (Å²) in [6.07, 6.45) is 0. The number of aromatic nitrogens is 2. The Morgan fingerprint density at radius 1 is 1.22 bits per heavy atom. The quantitative estimate of drug-likeness (QED) is 0.911. The van der Waals surface area contributed by atoms with Gasteiger partial charge >= 0.3 is 0 Å². The molecule has 96 valence electrons. The van der Waals surface area contributed by atoms with Gasteiger partial charge in [-0.25, -0.2) is 4.98 Å². The molecule has 2 N–H and O–H groups in total. The third-order valence-electron chi connectivity index (χ3n) is 3.02. The fraction of sp³-hybridized carbons (Fsp3) is 0.357. The molecule has 0 saturated carbocycles. The second-order valence-electron chi connectivity index (χ2n) is 4.66. The molecule has 1 heterocycles. The van der Waals surface area contributed by atoms with E-state index in [4.69, 9.17) is 0 Å². The van der Waals surface area contributed by atoms with Gasteiger partial charge in [-0.1, -0.05) is 17.7 Å². The fourth-order valence-corrected chi connectivity index (χ4v) is 2.86. The Labute approximate surface area is 116 Å². The number of hydrogen-bond acceptors (Lipinski definition) is 2. The van der Waals surface area contributed by atoms with Crippen LogP contribution in [0.15, 0.2) is 16.9 Å². The summed E-state index contributed by atoms with van der Waals surface area (Å²) >= 11 is 3.42. The molecule has 2 aromatic rings. The second kappa shape index (κ2) is 5.24. The third-order valence-corrected chi connectivity index (χ3v) is 3.39. The highest BCUT2D eigenvalue weighted by Gasteiger charge is 2.15. The number of nitrogens with zero attached hydrogens (tertiary/aromatic N) is 1. The first kappa shape index (κ1) is 13.3. The highest BCUT2D eigenvalue weighted by Crippen LogP contribution is 2.30. The molecule has 0 radical (unpaired) electrons. The normalized spacial score (nSPS) is 10.9. The molecule has 0 unspecified atom stereocenters. The van der Waals surface area contributed by atoms with Gasteiger partial charge in [0.2, 0.25) is 0 Å². The van der Waals surface area contributed by atoms with E-state index in [9.17, 15) is 0 Å². The zero-order chi connectivity index (χ0) is 13.3. The summed E-state index contributed by atoms with van der Waals surface area (Å²) in [4.78, 5) is 7.83. The minimum atomic E-state index is 0.778. The molecule has 0 fully saturated rings. The maximum Gasteiger partial charge on any atom is 0.175 e. The van der Waals surface area contributed by atoms with Crippen molar-refractivity contribution < 1.29 is 0 Å². The van der Waals surface area contributed by atoms with Gasteiger partial charge < -0.3 is 10.3 Å². The van der Waals surface area contributed by atoms with Gasteiger partial charge in [0.25, 0.3) is 0 Å². The number of nitrogens with one attached hydrogen (secondary N) is 2. The highest BCUT2D eigenvalue weighted by molar-refractivity contribution is 9.10. The SMILES string of the molecule is CNCc1[nH]c(Br)nc1-c1c(C)cc(C)cc1C. The van der Waals surface area contributed by atoms with Crippen molar-refractivity contribution in [2.75, 3.05) is 7.05 Å². The van der Waals surface area contributed by atoms with E-state index >= 15 is 0 Å². The van der Waals surface area contributed by atoms with Gasteiger partial charge in [-0.2, -0.15) is 0 Å². The molecule has 0 bridgehead atoms. The van der Waals surface area contributed by atoms with Crippen LogP contribution in [0.4, 0.5) is 0 Å². The summed E-state index contributed by atoms with van der Waals surface area (Å²) in [5.74, 6) is 0. The van der Waals surface area contributed by atoms with Crippen molar-refractivity contribution in [2.24, 2.45) is 0 Å². The monoisotopic (exact) mass is 307 g/mol. The average molecular weight is 308 g/mol. The van der Waals surface area contributed by atoms with Crippen LogP contribution in [0, 0.1) is 20.8 Å². The first-order valence-corrected chi connectivity index (χ1v) is 6.79. The Kier molecular flexibility index (Phi) is 3.88. The molecule has 0 aliphatic rings. The zero-order valence-electron chi connectivity index (χ0n) is 11.2.